The Labute approximate surface area is 342 Å². The standard InChI is InChI=1S/C53H46N3OP/c1-58(2,57)47-20-14-19-44(37-47)40-27-31-45(32-28-40)53(35-12-5-13-36-53)46-33-29-43(30-34-46)51-54-50(42-25-23-39(24-26-42)38-15-6-3-7-16-38)55-52(56-51)49-22-11-10-21-48(49)41-17-8-4-9-18-41/h3-4,6-11,14-34,37H,5,12-13,35-36H2,1-2H3. The van der Waals surface area contributed by atoms with E-state index in [1.165, 1.54) is 36.0 Å². The first kappa shape index (κ1) is 37.4. The van der Waals surface area contributed by atoms with Crippen molar-refractivity contribution in [3.63, 3.8) is 0 Å². The predicted molar refractivity (Wildman–Crippen MR) is 242 cm³/mol. The molecule has 7 aromatic carbocycles. The van der Waals surface area contributed by atoms with Gasteiger partial charge in [0, 0.05) is 27.4 Å². The average molecular weight is 772 g/mol. The Morgan fingerprint density at radius 3 is 1.41 bits per heavy atom. The van der Waals surface area contributed by atoms with Crippen LogP contribution in [0.2, 0.25) is 0 Å². The summed E-state index contributed by atoms with van der Waals surface area (Å²) in [6.07, 6.45) is 5.85. The fraction of sp³-hybridized carbons (Fsp3) is 0.151. The van der Waals surface area contributed by atoms with Gasteiger partial charge in [-0.1, -0.05) is 195 Å². The summed E-state index contributed by atoms with van der Waals surface area (Å²) < 4.78 is 12.8. The third-order valence-corrected chi connectivity index (χ3v) is 13.3. The maximum absolute atomic E-state index is 12.8. The monoisotopic (exact) mass is 771 g/mol. The zero-order valence-electron chi connectivity index (χ0n) is 33.1. The summed E-state index contributed by atoms with van der Waals surface area (Å²) in [4.78, 5) is 15.5. The Morgan fingerprint density at radius 2 is 0.828 bits per heavy atom. The molecule has 0 bridgehead atoms. The molecule has 0 aliphatic heterocycles. The highest BCUT2D eigenvalue weighted by molar-refractivity contribution is 7.70. The van der Waals surface area contributed by atoms with Crippen LogP contribution in [0.3, 0.4) is 0 Å². The number of nitrogens with zero attached hydrogens (tertiary/aromatic N) is 3. The normalized spacial score (nSPS) is 13.9. The van der Waals surface area contributed by atoms with Crippen molar-refractivity contribution in [1.82, 2.24) is 15.0 Å². The first-order valence-corrected chi connectivity index (χ1v) is 22.9. The van der Waals surface area contributed by atoms with Gasteiger partial charge in [-0.25, -0.2) is 15.0 Å². The van der Waals surface area contributed by atoms with Gasteiger partial charge in [-0.05, 0) is 76.7 Å². The molecule has 0 N–H and O–H groups in total. The van der Waals surface area contributed by atoms with Crippen molar-refractivity contribution in [2.24, 2.45) is 0 Å². The van der Waals surface area contributed by atoms with Crippen LogP contribution in [-0.4, -0.2) is 28.3 Å². The van der Waals surface area contributed by atoms with Gasteiger partial charge >= 0.3 is 0 Å². The van der Waals surface area contributed by atoms with Gasteiger partial charge in [0.15, 0.2) is 17.5 Å². The number of hydrogen-bond donors (Lipinski definition) is 0. The van der Waals surface area contributed by atoms with Crippen LogP contribution in [-0.2, 0) is 9.98 Å². The summed E-state index contributed by atoms with van der Waals surface area (Å²) in [5.74, 6) is 1.93. The lowest BCUT2D eigenvalue weighted by Gasteiger charge is -2.39. The predicted octanol–water partition coefficient (Wildman–Crippen LogP) is 13.4. The second-order valence-corrected chi connectivity index (χ2v) is 19.1. The summed E-state index contributed by atoms with van der Waals surface area (Å²) in [6.45, 7) is 3.67. The molecule has 1 saturated carbocycles. The van der Waals surface area contributed by atoms with Crippen LogP contribution in [0.5, 0.6) is 0 Å². The van der Waals surface area contributed by atoms with Gasteiger partial charge in [-0.3, -0.25) is 0 Å². The minimum atomic E-state index is -2.35. The molecule has 1 aromatic heterocycles. The molecule has 0 saturated heterocycles. The van der Waals surface area contributed by atoms with Gasteiger partial charge in [0.2, 0.25) is 0 Å². The van der Waals surface area contributed by atoms with Crippen LogP contribution in [0.1, 0.15) is 43.2 Å². The second kappa shape index (κ2) is 16.0. The first-order valence-electron chi connectivity index (χ1n) is 20.3. The molecule has 1 aliphatic carbocycles. The number of benzene rings is 7. The van der Waals surface area contributed by atoms with Gasteiger partial charge in [0.25, 0.3) is 0 Å². The molecule has 9 rings (SSSR count). The maximum Gasteiger partial charge on any atom is 0.164 e. The van der Waals surface area contributed by atoms with Crippen molar-refractivity contribution in [1.29, 1.82) is 0 Å². The van der Waals surface area contributed by atoms with E-state index < -0.39 is 7.14 Å². The van der Waals surface area contributed by atoms with Gasteiger partial charge in [0.05, 0.1) is 0 Å². The molecule has 0 radical (unpaired) electrons. The van der Waals surface area contributed by atoms with Crippen LogP contribution in [0.25, 0.3) is 67.5 Å². The van der Waals surface area contributed by atoms with Crippen molar-refractivity contribution < 1.29 is 4.57 Å². The summed E-state index contributed by atoms with van der Waals surface area (Å²) in [7, 11) is -2.35. The highest BCUT2D eigenvalue weighted by Crippen LogP contribution is 2.46. The third-order valence-electron chi connectivity index (χ3n) is 11.8. The summed E-state index contributed by atoms with van der Waals surface area (Å²) in [6, 6.07) is 64.0. The molecule has 8 aromatic rings. The number of hydrogen-bond acceptors (Lipinski definition) is 4. The van der Waals surface area contributed by atoms with E-state index in [0.717, 1.165) is 62.7 Å². The molecule has 1 fully saturated rings. The van der Waals surface area contributed by atoms with E-state index in [-0.39, 0.29) is 5.41 Å². The number of rotatable bonds is 9. The number of aromatic nitrogens is 3. The van der Waals surface area contributed by atoms with Crippen LogP contribution in [0.15, 0.2) is 182 Å². The fourth-order valence-corrected chi connectivity index (χ4v) is 9.48. The molecule has 0 atom stereocenters. The Morgan fingerprint density at radius 1 is 0.397 bits per heavy atom. The first-order chi connectivity index (χ1) is 28.3. The molecule has 4 nitrogen and oxygen atoms in total. The summed E-state index contributed by atoms with van der Waals surface area (Å²) in [5.41, 5.74) is 12.2. The smallest absolute Gasteiger partial charge is 0.164 e. The molecule has 1 heterocycles. The minimum Gasteiger partial charge on any atom is -0.319 e. The zero-order valence-corrected chi connectivity index (χ0v) is 33.9. The lowest BCUT2D eigenvalue weighted by molar-refractivity contribution is 0.346. The largest absolute Gasteiger partial charge is 0.319 e. The minimum absolute atomic E-state index is 0.0791. The fourth-order valence-electron chi connectivity index (χ4n) is 8.58. The van der Waals surface area contributed by atoms with Crippen molar-refractivity contribution in [2.75, 3.05) is 13.3 Å². The summed E-state index contributed by atoms with van der Waals surface area (Å²) >= 11 is 0. The molecule has 5 heteroatoms. The van der Waals surface area contributed by atoms with Gasteiger partial charge < -0.3 is 4.57 Å². The van der Waals surface area contributed by atoms with E-state index in [4.69, 9.17) is 15.0 Å². The Kier molecular flexibility index (Phi) is 10.3. The van der Waals surface area contributed by atoms with E-state index in [9.17, 15) is 4.57 Å². The Hall–Kier alpha value is -6.22. The van der Waals surface area contributed by atoms with Gasteiger partial charge in [0.1, 0.15) is 7.14 Å². The highest BCUT2D eigenvalue weighted by Gasteiger charge is 2.35. The average Bonchev–Trinajstić information content (AvgIpc) is 3.29. The van der Waals surface area contributed by atoms with E-state index in [1.54, 1.807) is 0 Å². The van der Waals surface area contributed by atoms with E-state index >= 15 is 0 Å². The zero-order chi connectivity index (χ0) is 39.5. The molecular formula is C53H46N3OP. The van der Waals surface area contributed by atoms with Gasteiger partial charge in [-0.2, -0.15) is 0 Å². The molecular weight excluding hydrogens is 726 g/mol. The SMILES string of the molecule is CP(C)(=O)c1cccc(-c2ccc(C3(c4ccc(-c5nc(-c6ccc(-c7ccccc7)cc6)nc(-c6ccccc6-c6ccccc6)n5)cc4)CCCCC3)cc2)c1. The van der Waals surface area contributed by atoms with E-state index in [1.807, 2.05) is 37.6 Å². The van der Waals surface area contributed by atoms with E-state index in [2.05, 4.69) is 158 Å². The summed E-state index contributed by atoms with van der Waals surface area (Å²) in [5, 5.41) is 0.914. The van der Waals surface area contributed by atoms with Crippen LogP contribution in [0, 0.1) is 0 Å². The van der Waals surface area contributed by atoms with Crippen LogP contribution < -0.4 is 5.30 Å². The molecule has 0 unspecified atom stereocenters. The van der Waals surface area contributed by atoms with Crippen LogP contribution >= 0.6 is 7.14 Å². The molecule has 1 aliphatic rings. The molecule has 284 valence electrons. The third kappa shape index (κ3) is 7.61. The quantitative estimate of drug-likeness (QED) is 0.137. The Balaban J connectivity index is 1.10. The van der Waals surface area contributed by atoms with Crippen molar-refractivity contribution >= 4 is 12.4 Å². The maximum atomic E-state index is 12.8. The molecule has 0 amide bonds. The van der Waals surface area contributed by atoms with Crippen molar-refractivity contribution in [3.05, 3.63) is 193 Å². The van der Waals surface area contributed by atoms with Crippen molar-refractivity contribution in [2.45, 2.75) is 37.5 Å². The Bertz CT molecular complexity index is 2720. The highest BCUT2D eigenvalue weighted by atomic mass is 31.2. The topological polar surface area (TPSA) is 55.7 Å². The molecule has 58 heavy (non-hydrogen) atoms. The van der Waals surface area contributed by atoms with Crippen molar-refractivity contribution in [3.8, 4) is 67.5 Å². The van der Waals surface area contributed by atoms with Crippen LogP contribution in [0.4, 0.5) is 0 Å². The lowest BCUT2D eigenvalue weighted by atomic mass is 9.65. The van der Waals surface area contributed by atoms with Gasteiger partial charge in [-0.15, -0.1) is 0 Å². The molecule has 0 spiro atoms. The lowest BCUT2D eigenvalue weighted by Crippen LogP contribution is -2.30. The van der Waals surface area contributed by atoms with E-state index in [0.29, 0.717) is 17.5 Å². The second-order valence-electron chi connectivity index (χ2n) is 15.9.